The molecule has 2 spiro atoms. The number of nitrogens with two attached hydrogens (primary N) is 1. The van der Waals surface area contributed by atoms with Crippen molar-refractivity contribution in [2.75, 3.05) is 13.7 Å². The molecule has 10 rings (SSSR count). The van der Waals surface area contributed by atoms with Gasteiger partial charge >= 0.3 is 0 Å². The predicted octanol–water partition coefficient (Wildman–Crippen LogP) is 2.89. The molecule has 10 heterocycles. The Balaban J connectivity index is 1.17. The van der Waals surface area contributed by atoms with Gasteiger partial charge in [-0.15, -0.1) is 0 Å². The molecule has 7 fully saturated rings. The van der Waals surface area contributed by atoms with Crippen LogP contribution in [0.4, 0.5) is 0 Å². The van der Waals surface area contributed by atoms with Gasteiger partial charge in [0.05, 0.1) is 67.1 Å². The summed E-state index contributed by atoms with van der Waals surface area (Å²) in [5.41, 5.74) is 6.59. The molecule has 11 bridgehead atoms. The lowest BCUT2D eigenvalue weighted by atomic mass is 9.75. The minimum Gasteiger partial charge on any atom is -0.392 e. The number of aliphatic imine (C=N–C) groups is 1. The molecule has 10 aliphatic rings. The van der Waals surface area contributed by atoms with Crippen LogP contribution in [-0.4, -0.2) is 132 Å². The number of ether oxygens (including phenoxy) is 8. The van der Waals surface area contributed by atoms with Crippen molar-refractivity contribution >= 4 is 11.5 Å². The molecular formula is C40H60N2O11. The summed E-state index contributed by atoms with van der Waals surface area (Å²) in [6, 6.07) is 0. The van der Waals surface area contributed by atoms with E-state index in [2.05, 4.69) is 20.4 Å². The number of carbonyl (C=O) groups is 1. The number of fused-ring (bicyclic) bond motifs is 8. The van der Waals surface area contributed by atoms with E-state index < -0.39 is 66.4 Å². The SMILES string of the molecule is C=C1C[C@@H]2CC[C@]34C[C@@H](O)[C@H](O3)C3O[C@H]5CC[C@@H]6CC(=O)C[C@@H]7[C@@H](OC)[C@@H](C[C@H](O)CN)O[C@H]7C[C@H]7O[C@@H](CC[C@@H]1O2)C[C@@H](C)C7=N[C@@]5(O6)[C@H](O4)[C@@H]3C. The minimum absolute atomic E-state index is 0.0187. The first kappa shape index (κ1) is 37.2. The lowest BCUT2D eigenvalue weighted by Gasteiger charge is -2.56. The summed E-state index contributed by atoms with van der Waals surface area (Å²) < 4.78 is 54.9. The van der Waals surface area contributed by atoms with Gasteiger partial charge in [0.25, 0.3) is 0 Å². The minimum atomic E-state index is -1.25. The molecule has 0 aromatic rings. The van der Waals surface area contributed by atoms with Gasteiger partial charge in [-0.05, 0) is 56.4 Å². The summed E-state index contributed by atoms with van der Waals surface area (Å²) in [4.78, 5) is 19.8. The Morgan fingerprint density at radius 3 is 2.57 bits per heavy atom. The number of nitrogens with zero attached hydrogens (tertiary/aromatic N) is 1. The number of aliphatic hydroxyl groups excluding tert-OH is 2. The lowest BCUT2D eigenvalue weighted by molar-refractivity contribution is -0.330. The standard InChI is InChI=1S/C40H60N2O11/c1-19-11-25-9-10-39-17-28(45)37(52-39)35-21(3)38(53-39)40-33(50-35)8-6-26(51-40)13-22(43)14-27-30(49-32(36(27)46-4)15-23(44)18-41)16-31-34(42-40)20(2)12-24(48-31)5-7-29(19)47-25/h20-21,23-33,35-38,44-45H,1,5-18,41H2,2-4H3/t20-,21-,23+,24+,25+,26-,27+,28-,29+,30+,31-,32-,33+,35?,36-,37+,38-,39+,40+/m1/s1. The van der Waals surface area contributed by atoms with Crippen LogP contribution in [0, 0.1) is 17.8 Å². The molecule has 13 heteroatoms. The number of hydrogen-bond donors (Lipinski definition) is 3. The van der Waals surface area contributed by atoms with E-state index in [0.717, 1.165) is 37.0 Å². The van der Waals surface area contributed by atoms with Gasteiger partial charge in [0.2, 0.25) is 5.72 Å². The maximum absolute atomic E-state index is 14.1. The van der Waals surface area contributed by atoms with Crippen LogP contribution in [0.2, 0.25) is 0 Å². The second-order valence-corrected chi connectivity index (χ2v) is 17.9. The number of aliphatic hydroxyl groups is 2. The summed E-state index contributed by atoms with van der Waals surface area (Å²) in [6.45, 7) is 8.85. The van der Waals surface area contributed by atoms with E-state index >= 15 is 0 Å². The van der Waals surface area contributed by atoms with Crippen molar-refractivity contribution < 1.29 is 52.9 Å². The molecule has 1 unspecified atom stereocenters. The molecule has 19 atom stereocenters. The molecule has 0 aromatic heterocycles. The monoisotopic (exact) mass is 744 g/mol. The van der Waals surface area contributed by atoms with Gasteiger partial charge in [0.1, 0.15) is 24.1 Å². The summed E-state index contributed by atoms with van der Waals surface area (Å²) in [6.07, 6.45) is 1.72. The summed E-state index contributed by atoms with van der Waals surface area (Å²) in [5, 5.41) is 22.0. The van der Waals surface area contributed by atoms with Crippen LogP contribution < -0.4 is 5.73 Å². The molecular weight excluding hydrogens is 684 g/mol. The van der Waals surface area contributed by atoms with Gasteiger partial charge < -0.3 is 53.8 Å². The molecule has 13 nitrogen and oxygen atoms in total. The van der Waals surface area contributed by atoms with Crippen molar-refractivity contribution in [3.05, 3.63) is 12.2 Å². The average molecular weight is 745 g/mol. The molecule has 0 amide bonds. The maximum atomic E-state index is 14.1. The van der Waals surface area contributed by atoms with Gasteiger partial charge in [0, 0.05) is 69.7 Å². The molecule has 7 saturated heterocycles. The van der Waals surface area contributed by atoms with Crippen LogP contribution in [0.3, 0.4) is 0 Å². The number of ketones is 1. The smallest absolute Gasteiger partial charge is 0.212 e. The fraction of sp³-hybridized carbons (Fsp3) is 0.900. The van der Waals surface area contributed by atoms with Crippen molar-refractivity contribution in [2.45, 2.75) is 194 Å². The highest BCUT2D eigenvalue weighted by Crippen LogP contribution is 2.55. The van der Waals surface area contributed by atoms with E-state index in [9.17, 15) is 15.0 Å². The van der Waals surface area contributed by atoms with E-state index in [1.165, 1.54) is 0 Å². The van der Waals surface area contributed by atoms with Gasteiger partial charge in [-0.25, -0.2) is 0 Å². The second kappa shape index (κ2) is 14.2. The van der Waals surface area contributed by atoms with Crippen molar-refractivity contribution in [3.8, 4) is 0 Å². The van der Waals surface area contributed by atoms with Crippen LogP contribution in [0.25, 0.3) is 0 Å². The van der Waals surface area contributed by atoms with E-state index in [4.69, 9.17) is 48.6 Å². The van der Waals surface area contributed by atoms with Crippen molar-refractivity contribution in [3.63, 3.8) is 0 Å². The Morgan fingerprint density at radius 2 is 1.75 bits per heavy atom. The third kappa shape index (κ3) is 6.51. The van der Waals surface area contributed by atoms with Gasteiger partial charge in [0.15, 0.2) is 5.79 Å². The Morgan fingerprint density at radius 1 is 0.943 bits per heavy atom. The van der Waals surface area contributed by atoms with Crippen LogP contribution in [0.15, 0.2) is 17.1 Å². The third-order valence-corrected chi connectivity index (χ3v) is 14.2. The van der Waals surface area contributed by atoms with Gasteiger partial charge in [-0.1, -0.05) is 20.4 Å². The van der Waals surface area contributed by atoms with E-state index in [0.29, 0.717) is 44.9 Å². The van der Waals surface area contributed by atoms with E-state index in [1.807, 2.05) is 0 Å². The first-order valence-electron chi connectivity index (χ1n) is 20.5. The first-order chi connectivity index (χ1) is 25.5. The van der Waals surface area contributed by atoms with Crippen LogP contribution in [0.5, 0.6) is 0 Å². The molecule has 53 heavy (non-hydrogen) atoms. The predicted molar refractivity (Wildman–Crippen MR) is 190 cm³/mol. The number of methoxy groups -OCH3 is 1. The number of hydrogen-bond acceptors (Lipinski definition) is 13. The number of rotatable bonds is 4. The first-order valence-corrected chi connectivity index (χ1v) is 20.5. The Hall–Kier alpha value is -1.36. The fourth-order valence-electron chi connectivity index (χ4n) is 11.7. The Labute approximate surface area is 312 Å². The zero-order chi connectivity index (χ0) is 36.8. The Bertz CT molecular complexity index is 1450. The molecule has 0 aromatic carbocycles. The zero-order valence-corrected chi connectivity index (χ0v) is 31.5. The third-order valence-electron chi connectivity index (χ3n) is 14.2. The lowest BCUT2D eigenvalue weighted by Crippen LogP contribution is -2.69. The molecule has 0 aliphatic carbocycles. The highest BCUT2D eigenvalue weighted by Gasteiger charge is 2.68. The second-order valence-electron chi connectivity index (χ2n) is 17.9. The summed E-state index contributed by atoms with van der Waals surface area (Å²) in [7, 11) is 1.65. The largest absolute Gasteiger partial charge is 0.392 e. The molecule has 10 aliphatic heterocycles. The summed E-state index contributed by atoms with van der Waals surface area (Å²) in [5.74, 6) is -1.40. The van der Waals surface area contributed by atoms with Crippen LogP contribution in [0.1, 0.15) is 97.3 Å². The van der Waals surface area contributed by atoms with Crippen molar-refractivity contribution in [2.24, 2.45) is 28.5 Å². The molecule has 296 valence electrons. The topological polar surface area (TPSA) is 170 Å². The van der Waals surface area contributed by atoms with Crippen LogP contribution >= 0.6 is 0 Å². The van der Waals surface area contributed by atoms with Gasteiger partial charge in [-0.3, -0.25) is 9.79 Å². The average Bonchev–Trinajstić information content (AvgIpc) is 3.74. The van der Waals surface area contributed by atoms with Crippen molar-refractivity contribution in [1.29, 1.82) is 0 Å². The van der Waals surface area contributed by atoms with E-state index in [-0.39, 0.29) is 73.4 Å². The van der Waals surface area contributed by atoms with E-state index in [1.54, 1.807) is 7.11 Å². The van der Waals surface area contributed by atoms with Crippen LogP contribution in [-0.2, 0) is 42.7 Å². The normalized spacial score (nSPS) is 52.9. The molecule has 4 N–H and O–H groups in total. The van der Waals surface area contributed by atoms with Gasteiger partial charge in [-0.2, -0.15) is 0 Å². The molecule has 0 radical (unpaired) electrons. The summed E-state index contributed by atoms with van der Waals surface area (Å²) >= 11 is 0. The zero-order valence-electron chi connectivity index (χ0n) is 31.5. The highest BCUT2D eigenvalue weighted by atomic mass is 16.7. The van der Waals surface area contributed by atoms with Crippen molar-refractivity contribution in [1.82, 2.24) is 0 Å². The number of carbonyl (C=O) groups excluding carboxylic acids is 1. The highest BCUT2D eigenvalue weighted by molar-refractivity contribution is 5.92. The quantitative estimate of drug-likeness (QED) is 0.361. The fourth-order valence-corrected chi connectivity index (χ4v) is 11.7. The molecule has 0 saturated carbocycles. The Kier molecular flexibility index (Phi) is 10.00. The number of Topliss-reactive ketones (excluding diaryl/α,β-unsaturated/α-hetero) is 1. The maximum Gasteiger partial charge on any atom is 0.212 e.